The summed E-state index contributed by atoms with van der Waals surface area (Å²) in [7, 11) is 0. The van der Waals surface area contributed by atoms with E-state index in [4.69, 9.17) is 16.3 Å². The number of benzene rings is 2. The Hall–Kier alpha value is -2.34. The Labute approximate surface area is 183 Å². The van der Waals surface area contributed by atoms with Crippen LogP contribution in [0.15, 0.2) is 48.5 Å². The number of alkyl halides is 3. The van der Waals surface area contributed by atoms with Crippen LogP contribution >= 0.6 is 11.6 Å². The molecule has 3 nitrogen and oxygen atoms in total. The van der Waals surface area contributed by atoms with E-state index in [9.17, 15) is 22.8 Å². The van der Waals surface area contributed by atoms with Gasteiger partial charge in [-0.2, -0.15) is 13.2 Å². The number of carbonyl (C=O) groups is 2. The lowest BCUT2D eigenvalue weighted by Crippen LogP contribution is -2.51. The number of ketones is 1. The highest BCUT2D eigenvalue weighted by molar-refractivity contribution is 6.30. The largest absolute Gasteiger partial charge is 0.490 e. The fraction of sp³-hybridized carbons (Fsp3) is 0.417. The van der Waals surface area contributed by atoms with Gasteiger partial charge in [0.1, 0.15) is 5.60 Å². The van der Waals surface area contributed by atoms with E-state index in [1.807, 2.05) is 24.3 Å². The first kappa shape index (κ1) is 21.9. The van der Waals surface area contributed by atoms with Gasteiger partial charge in [-0.15, -0.1) is 0 Å². The molecule has 0 heterocycles. The maximum Gasteiger partial charge on any atom is 0.490 e. The van der Waals surface area contributed by atoms with E-state index in [2.05, 4.69) is 0 Å². The van der Waals surface area contributed by atoms with Crippen LogP contribution in [0.25, 0.3) is 0 Å². The molecule has 0 bridgehead atoms. The van der Waals surface area contributed by atoms with Crippen molar-refractivity contribution in [1.82, 2.24) is 0 Å². The van der Waals surface area contributed by atoms with Gasteiger partial charge < -0.3 is 4.74 Å². The lowest BCUT2D eigenvalue weighted by Gasteiger charge is -2.45. The van der Waals surface area contributed by atoms with Crippen LogP contribution in [0.3, 0.4) is 0 Å². The highest BCUT2D eigenvalue weighted by atomic mass is 35.5. The van der Waals surface area contributed by atoms with Gasteiger partial charge in [0, 0.05) is 10.6 Å². The molecule has 31 heavy (non-hydrogen) atoms. The molecule has 0 N–H and O–H groups in total. The number of halogens is 4. The van der Waals surface area contributed by atoms with Crippen LogP contribution < -0.4 is 0 Å². The molecule has 164 valence electrons. The van der Waals surface area contributed by atoms with Crippen molar-refractivity contribution in [3.8, 4) is 0 Å². The summed E-state index contributed by atoms with van der Waals surface area (Å²) >= 11 is 5.95. The van der Waals surface area contributed by atoms with E-state index < -0.39 is 23.7 Å². The second-order valence-corrected chi connectivity index (χ2v) is 8.83. The van der Waals surface area contributed by atoms with Crippen molar-refractivity contribution in [1.29, 1.82) is 0 Å². The molecule has 2 aliphatic carbocycles. The summed E-state index contributed by atoms with van der Waals surface area (Å²) in [5.41, 5.74) is 0.998. The highest BCUT2D eigenvalue weighted by Gasteiger charge is 2.53. The number of fused-ring (bicyclic) bond motifs is 1. The van der Waals surface area contributed by atoms with Crippen molar-refractivity contribution < 1.29 is 27.5 Å². The molecule has 0 amide bonds. The molecule has 0 saturated heterocycles. The summed E-state index contributed by atoms with van der Waals surface area (Å²) in [5, 5.41) is 0.611. The Bertz CT molecular complexity index is 976. The average Bonchev–Trinajstić information content (AvgIpc) is 2.74. The Morgan fingerprint density at radius 3 is 2.29 bits per heavy atom. The van der Waals surface area contributed by atoms with Crippen LogP contribution in [-0.4, -0.2) is 23.5 Å². The molecule has 7 heteroatoms. The Kier molecular flexibility index (Phi) is 5.86. The molecule has 1 fully saturated rings. The molecule has 1 unspecified atom stereocenters. The van der Waals surface area contributed by atoms with Gasteiger partial charge in [0.2, 0.25) is 0 Å². The molecule has 4 rings (SSSR count). The summed E-state index contributed by atoms with van der Waals surface area (Å²) in [6, 6.07) is 14.5. The van der Waals surface area contributed by atoms with Gasteiger partial charge in [0.25, 0.3) is 0 Å². The number of hydrogen-bond acceptors (Lipinski definition) is 3. The van der Waals surface area contributed by atoms with Crippen LogP contribution in [0.1, 0.15) is 59.5 Å². The number of rotatable bonds is 3. The summed E-state index contributed by atoms with van der Waals surface area (Å²) in [6.07, 6.45) is -2.70. The van der Waals surface area contributed by atoms with Crippen molar-refractivity contribution >= 4 is 23.4 Å². The fourth-order valence-electron chi connectivity index (χ4n) is 5.04. The average molecular weight is 451 g/mol. The summed E-state index contributed by atoms with van der Waals surface area (Å²) in [5.74, 6) is -3.12. The minimum atomic E-state index is -5.10. The number of esters is 1. The van der Waals surface area contributed by atoms with Gasteiger partial charge in [-0.1, -0.05) is 48.0 Å². The third-order valence-electron chi connectivity index (χ3n) is 6.64. The molecule has 0 aliphatic heterocycles. The third-order valence-corrected chi connectivity index (χ3v) is 6.89. The fourth-order valence-corrected chi connectivity index (χ4v) is 5.16. The molecule has 1 atom stereocenters. The van der Waals surface area contributed by atoms with E-state index in [1.54, 1.807) is 24.3 Å². The van der Waals surface area contributed by atoms with Gasteiger partial charge in [-0.25, -0.2) is 4.79 Å². The Morgan fingerprint density at radius 1 is 1.00 bits per heavy atom. The maximum atomic E-state index is 13.3. The van der Waals surface area contributed by atoms with Gasteiger partial charge in [-0.3, -0.25) is 4.79 Å². The number of Topliss-reactive ketones (excluding diaryl/α,β-unsaturated/α-hetero) is 1. The zero-order valence-corrected chi connectivity index (χ0v) is 17.5. The Morgan fingerprint density at radius 2 is 1.65 bits per heavy atom. The number of hydrogen-bond donors (Lipinski definition) is 0. The van der Waals surface area contributed by atoms with Gasteiger partial charge in [0.15, 0.2) is 5.78 Å². The normalized spacial score (nSPS) is 26.3. The second-order valence-electron chi connectivity index (χ2n) is 8.39. The SMILES string of the molecule is O=C1c2ccccc2CCC1C1(OC(=O)C(F)(F)F)CCC(c2ccc(Cl)cc2)CC1. The van der Waals surface area contributed by atoms with E-state index in [1.165, 1.54) is 0 Å². The minimum absolute atomic E-state index is 0.112. The van der Waals surface area contributed by atoms with E-state index in [-0.39, 0.29) is 24.5 Å². The predicted octanol–water partition coefficient (Wildman–Crippen LogP) is 6.29. The molecule has 2 aromatic carbocycles. The predicted molar refractivity (Wildman–Crippen MR) is 110 cm³/mol. The standard InChI is InChI=1S/C24H22ClF3O3/c25-18-8-5-15(6-9-18)16-11-13-23(14-12-16,31-22(30)24(26,27)28)20-10-7-17-3-1-2-4-19(17)21(20)29/h1-6,8-9,16,20H,7,10-14H2. The van der Waals surface area contributed by atoms with E-state index in [0.29, 0.717) is 36.3 Å². The molecule has 2 aromatic rings. The van der Waals surface area contributed by atoms with Crippen LogP contribution in [0, 0.1) is 5.92 Å². The zero-order chi connectivity index (χ0) is 22.2. The van der Waals surface area contributed by atoms with E-state index >= 15 is 0 Å². The molecule has 0 aromatic heterocycles. The monoisotopic (exact) mass is 450 g/mol. The maximum absolute atomic E-state index is 13.3. The van der Waals surface area contributed by atoms with Crippen molar-refractivity contribution in [2.75, 3.05) is 0 Å². The molecule has 1 saturated carbocycles. The lowest BCUT2D eigenvalue weighted by molar-refractivity contribution is -0.221. The van der Waals surface area contributed by atoms with E-state index in [0.717, 1.165) is 11.1 Å². The number of aryl methyl sites for hydroxylation is 1. The molecular weight excluding hydrogens is 429 g/mol. The zero-order valence-electron chi connectivity index (χ0n) is 16.8. The van der Waals surface area contributed by atoms with Gasteiger partial charge in [0.05, 0.1) is 5.92 Å². The topological polar surface area (TPSA) is 43.4 Å². The van der Waals surface area contributed by atoms with Crippen molar-refractivity contribution in [3.63, 3.8) is 0 Å². The van der Waals surface area contributed by atoms with Crippen LogP contribution in [0.4, 0.5) is 13.2 Å². The first-order valence-corrected chi connectivity index (χ1v) is 10.8. The minimum Gasteiger partial charge on any atom is -0.452 e. The van der Waals surface area contributed by atoms with Crippen LogP contribution in [-0.2, 0) is 16.0 Å². The Balaban J connectivity index is 1.62. The van der Waals surface area contributed by atoms with Gasteiger partial charge in [-0.05, 0) is 67.7 Å². The third kappa shape index (κ3) is 4.36. The van der Waals surface area contributed by atoms with Crippen molar-refractivity contribution in [2.24, 2.45) is 5.92 Å². The van der Waals surface area contributed by atoms with Crippen molar-refractivity contribution in [2.45, 2.75) is 56.2 Å². The summed E-state index contributed by atoms with van der Waals surface area (Å²) in [6.45, 7) is 0. The van der Waals surface area contributed by atoms with Crippen LogP contribution in [0.2, 0.25) is 5.02 Å². The van der Waals surface area contributed by atoms with Crippen molar-refractivity contribution in [3.05, 3.63) is 70.2 Å². The van der Waals surface area contributed by atoms with Crippen LogP contribution in [0.5, 0.6) is 0 Å². The smallest absolute Gasteiger partial charge is 0.452 e. The quantitative estimate of drug-likeness (QED) is 0.516. The molecule has 0 radical (unpaired) electrons. The number of ether oxygens (including phenoxy) is 1. The molecule has 0 spiro atoms. The van der Waals surface area contributed by atoms with Gasteiger partial charge >= 0.3 is 12.1 Å². The molecular formula is C24H22ClF3O3. The summed E-state index contributed by atoms with van der Waals surface area (Å²) in [4.78, 5) is 25.1. The highest BCUT2D eigenvalue weighted by Crippen LogP contribution is 2.48. The molecule has 2 aliphatic rings. The second kappa shape index (κ2) is 8.30. The number of carbonyl (C=O) groups excluding carboxylic acids is 2. The lowest BCUT2D eigenvalue weighted by atomic mass is 9.65. The first-order chi connectivity index (χ1) is 14.7. The first-order valence-electron chi connectivity index (χ1n) is 10.4. The summed E-state index contributed by atoms with van der Waals surface area (Å²) < 4.78 is 44.4.